The van der Waals surface area contributed by atoms with Crippen LogP contribution >= 0.6 is 11.6 Å². The maximum Gasteiger partial charge on any atom is 0.245 e. The molecule has 250 valence electrons. The molecule has 13 heteroatoms. The highest BCUT2D eigenvalue weighted by Crippen LogP contribution is 2.09. The first kappa shape index (κ1) is 37.7. The Kier molecular flexibility index (Phi) is 15.2. The number of aryl methyl sites for hydroxylation is 1. The lowest BCUT2D eigenvalue weighted by Crippen LogP contribution is -2.59. The average molecular weight is 657 g/mol. The number of amides is 6. The first-order valence-corrected chi connectivity index (χ1v) is 15.6. The molecule has 0 radical (unpaired) electrons. The van der Waals surface area contributed by atoms with Gasteiger partial charge in [0.2, 0.25) is 35.4 Å². The van der Waals surface area contributed by atoms with E-state index < -0.39 is 53.2 Å². The topological polar surface area (TPSA) is 175 Å². The Hall–Kier alpha value is -4.45. The highest BCUT2D eigenvalue weighted by atomic mass is 35.5. The summed E-state index contributed by atoms with van der Waals surface area (Å²) in [5, 5.41) is 15.9. The smallest absolute Gasteiger partial charge is 0.245 e. The quantitative estimate of drug-likeness (QED) is 0.149. The second kappa shape index (κ2) is 18.5. The molecule has 6 amide bonds. The van der Waals surface area contributed by atoms with Crippen LogP contribution in [0.25, 0.3) is 0 Å². The Morgan fingerprint density at radius 1 is 0.717 bits per heavy atom. The van der Waals surface area contributed by atoms with Gasteiger partial charge in [-0.2, -0.15) is 0 Å². The van der Waals surface area contributed by atoms with E-state index in [0.717, 1.165) is 16.7 Å². The van der Waals surface area contributed by atoms with Crippen molar-refractivity contribution >= 4 is 47.0 Å². The number of hydrogen-bond acceptors (Lipinski definition) is 6. The molecule has 2 rings (SSSR count). The minimum atomic E-state index is -1.26. The van der Waals surface area contributed by atoms with Crippen molar-refractivity contribution in [1.29, 1.82) is 0 Å². The number of carbonyl (C=O) groups is 6. The van der Waals surface area contributed by atoms with Crippen molar-refractivity contribution in [3.05, 3.63) is 71.3 Å². The van der Waals surface area contributed by atoms with Crippen LogP contribution in [0, 0.1) is 6.92 Å². The molecule has 2 aromatic carbocycles. The average Bonchev–Trinajstić information content (AvgIpc) is 2.99. The maximum atomic E-state index is 13.7. The third-order valence-corrected chi connectivity index (χ3v) is 6.87. The van der Waals surface area contributed by atoms with E-state index in [1.807, 2.05) is 82.3 Å². The van der Waals surface area contributed by atoms with E-state index in [2.05, 4.69) is 31.9 Å². The molecule has 0 saturated carbocycles. The fraction of sp³-hybridized carbons (Fsp3) is 0.455. The molecule has 2 aromatic rings. The van der Waals surface area contributed by atoms with Gasteiger partial charge in [-0.3, -0.25) is 28.8 Å². The zero-order valence-electron chi connectivity index (χ0n) is 27.0. The highest BCUT2D eigenvalue weighted by Gasteiger charge is 2.30. The molecule has 0 aliphatic heterocycles. The molecular weight excluding hydrogens is 612 g/mol. The molecule has 12 nitrogen and oxygen atoms in total. The van der Waals surface area contributed by atoms with Crippen molar-refractivity contribution < 1.29 is 28.8 Å². The molecule has 0 heterocycles. The summed E-state index contributed by atoms with van der Waals surface area (Å²) in [7, 11) is 0. The highest BCUT2D eigenvalue weighted by molar-refractivity contribution is 6.27. The first-order chi connectivity index (χ1) is 21.7. The van der Waals surface area contributed by atoms with Crippen LogP contribution in [0.2, 0.25) is 0 Å². The van der Waals surface area contributed by atoms with Gasteiger partial charge in [-0.05, 0) is 45.2 Å². The summed E-state index contributed by atoms with van der Waals surface area (Å²) >= 11 is 5.54. The predicted molar refractivity (Wildman–Crippen MR) is 175 cm³/mol. The van der Waals surface area contributed by atoms with Crippen LogP contribution in [0.1, 0.15) is 57.2 Å². The summed E-state index contributed by atoms with van der Waals surface area (Å²) in [6, 6.07) is 13.3. The van der Waals surface area contributed by atoms with Gasteiger partial charge in [-0.1, -0.05) is 60.2 Å². The molecule has 0 unspecified atom stereocenters. The van der Waals surface area contributed by atoms with Gasteiger partial charge in [0.1, 0.15) is 24.0 Å². The van der Waals surface area contributed by atoms with E-state index in [1.54, 1.807) is 0 Å². The SMILES string of the molecule is CC(=O)N[C@@H](CNC(=O)CCl)C(=O)N[C@@H](CCC(=O)NC(C)(C)C)C(=O)N[C@@H](Cc1ccccc1)C(=O)NCc1ccc(C)cc1. The van der Waals surface area contributed by atoms with Crippen molar-refractivity contribution in [3.8, 4) is 0 Å². The van der Waals surface area contributed by atoms with Gasteiger partial charge in [-0.15, -0.1) is 11.6 Å². The minimum absolute atomic E-state index is 0.108. The number of benzene rings is 2. The van der Waals surface area contributed by atoms with Crippen molar-refractivity contribution in [2.24, 2.45) is 0 Å². The number of alkyl halides is 1. The monoisotopic (exact) mass is 656 g/mol. The van der Waals surface area contributed by atoms with Crippen LogP contribution in [-0.4, -0.2) is 71.5 Å². The van der Waals surface area contributed by atoms with E-state index in [-0.39, 0.29) is 44.1 Å². The van der Waals surface area contributed by atoms with E-state index in [0.29, 0.717) is 0 Å². The van der Waals surface area contributed by atoms with Gasteiger partial charge < -0.3 is 31.9 Å². The summed E-state index contributed by atoms with van der Waals surface area (Å²) < 4.78 is 0. The lowest BCUT2D eigenvalue weighted by atomic mass is 10.0. The molecule has 0 spiro atoms. The van der Waals surface area contributed by atoms with Crippen LogP contribution in [0.15, 0.2) is 54.6 Å². The number of nitrogens with one attached hydrogen (secondary N) is 6. The normalized spacial score (nSPS) is 12.9. The summed E-state index contributed by atoms with van der Waals surface area (Å²) in [5.41, 5.74) is 2.23. The number of halogens is 1. The predicted octanol–water partition coefficient (Wildman–Crippen LogP) is 1.38. The van der Waals surface area contributed by atoms with E-state index in [1.165, 1.54) is 6.92 Å². The number of rotatable bonds is 16. The van der Waals surface area contributed by atoms with Crippen LogP contribution in [0.5, 0.6) is 0 Å². The van der Waals surface area contributed by atoms with Crippen molar-refractivity contribution in [2.45, 2.75) is 84.1 Å². The molecule has 0 aliphatic carbocycles. The van der Waals surface area contributed by atoms with Gasteiger partial charge >= 0.3 is 0 Å². The molecule has 0 aromatic heterocycles. The molecule has 0 aliphatic rings. The van der Waals surface area contributed by atoms with E-state index in [9.17, 15) is 28.8 Å². The zero-order chi connectivity index (χ0) is 34.3. The maximum absolute atomic E-state index is 13.7. The van der Waals surface area contributed by atoms with Gasteiger partial charge in [0.05, 0.1) is 0 Å². The second-order valence-corrected chi connectivity index (χ2v) is 12.3. The molecule has 0 saturated heterocycles. The van der Waals surface area contributed by atoms with E-state index in [4.69, 9.17) is 11.6 Å². The van der Waals surface area contributed by atoms with Crippen LogP contribution in [-0.2, 0) is 41.7 Å². The summed E-state index contributed by atoms with van der Waals surface area (Å²) in [5.74, 6) is -3.70. The van der Waals surface area contributed by atoms with Crippen molar-refractivity contribution in [1.82, 2.24) is 31.9 Å². The van der Waals surface area contributed by atoms with Gasteiger partial charge in [0, 0.05) is 38.4 Å². The molecule has 46 heavy (non-hydrogen) atoms. The first-order valence-electron chi connectivity index (χ1n) is 15.1. The summed E-state index contributed by atoms with van der Waals surface area (Å²) in [4.78, 5) is 76.6. The van der Waals surface area contributed by atoms with Crippen LogP contribution in [0.3, 0.4) is 0 Å². The van der Waals surface area contributed by atoms with Gasteiger partial charge in [0.25, 0.3) is 0 Å². The van der Waals surface area contributed by atoms with Gasteiger partial charge in [0.15, 0.2) is 0 Å². The standard InChI is InChI=1S/C33H45ClN6O6/c1-21-11-13-24(14-12-21)19-36-30(44)26(17-23-9-7-6-8-10-23)39-31(45)25(15-16-28(42)40-33(3,4)5)38-32(46)27(37-22(2)41)20-35-29(43)18-34/h6-14,25-27H,15-20H2,1-5H3,(H,35,43)(H,36,44)(H,37,41)(H,38,46)(H,39,45)(H,40,42)/t25-,26-,27-/m0/s1. The van der Waals surface area contributed by atoms with Crippen molar-refractivity contribution in [2.75, 3.05) is 12.4 Å². The summed E-state index contributed by atoms with van der Waals surface area (Å²) in [6.07, 6.45) is -0.0633. The lowest BCUT2D eigenvalue weighted by Gasteiger charge is -2.26. The Morgan fingerprint density at radius 3 is 1.91 bits per heavy atom. The fourth-order valence-electron chi connectivity index (χ4n) is 4.36. The third kappa shape index (κ3) is 14.6. The third-order valence-electron chi connectivity index (χ3n) is 6.63. The Balaban J connectivity index is 2.29. The van der Waals surface area contributed by atoms with Gasteiger partial charge in [-0.25, -0.2) is 0 Å². The lowest BCUT2D eigenvalue weighted by molar-refractivity contribution is -0.134. The zero-order valence-corrected chi connectivity index (χ0v) is 27.8. The molecular formula is C33H45ClN6O6. The summed E-state index contributed by atoms with van der Waals surface area (Å²) in [6.45, 7) is 8.56. The second-order valence-electron chi connectivity index (χ2n) is 12.0. The minimum Gasteiger partial charge on any atom is -0.352 e. The molecule has 6 N–H and O–H groups in total. The fourth-order valence-corrected chi connectivity index (χ4v) is 4.46. The number of carbonyl (C=O) groups excluding carboxylic acids is 6. The van der Waals surface area contributed by atoms with Crippen LogP contribution < -0.4 is 31.9 Å². The van der Waals surface area contributed by atoms with Crippen molar-refractivity contribution in [3.63, 3.8) is 0 Å². The molecule has 3 atom stereocenters. The van der Waals surface area contributed by atoms with Crippen LogP contribution in [0.4, 0.5) is 0 Å². The molecule has 0 bridgehead atoms. The Labute approximate surface area is 275 Å². The molecule has 0 fully saturated rings. The largest absolute Gasteiger partial charge is 0.352 e. The Morgan fingerprint density at radius 2 is 1.33 bits per heavy atom. The number of hydrogen-bond donors (Lipinski definition) is 6. The Bertz CT molecular complexity index is 1350. The van der Waals surface area contributed by atoms with E-state index >= 15 is 0 Å².